The van der Waals surface area contributed by atoms with E-state index in [4.69, 9.17) is 9.47 Å². The van der Waals surface area contributed by atoms with E-state index in [0.717, 1.165) is 24.0 Å². The second-order valence-electron chi connectivity index (χ2n) is 5.86. The maximum Gasteiger partial charge on any atom is 0.338 e. The van der Waals surface area contributed by atoms with Crippen LogP contribution in [0.3, 0.4) is 0 Å². The molecule has 0 aliphatic carbocycles. The predicted octanol–water partition coefficient (Wildman–Crippen LogP) is 3.63. The van der Waals surface area contributed by atoms with Crippen molar-refractivity contribution in [1.82, 2.24) is 0 Å². The number of carbonyl (C=O) groups is 1. The summed E-state index contributed by atoms with van der Waals surface area (Å²) in [7, 11) is 1.40. The quantitative estimate of drug-likeness (QED) is 0.625. The minimum Gasteiger partial charge on any atom is -0.467 e. The third-order valence-electron chi connectivity index (χ3n) is 4.61. The van der Waals surface area contributed by atoms with E-state index in [1.165, 1.54) is 18.2 Å². The minimum absolute atomic E-state index is 0.330. The van der Waals surface area contributed by atoms with Gasteiger partial charge < -0.3 is 9.47 Å². The number of hydrogen-bond donors (Lipinski definition) is 0. The Kier molecular flexibility index (Phi) is 4.22. The van der Waals surface area contributed by atoms with Gasteiger partial charge in [0.15, 0.2) is 11.7 Å². The molecule has 1 fully saturated rings. The summed E-state index contributed by atoms with van der Waals surface area (Å²) in [6.45, 7) is 4.25. The summed E-state index contributed by atoms with van der Waals surface area (Å²) in [5.41, 5.74) is 3.80. The molecule has 0 aromatic heterocycles. The molecule has 23 heavy (non-hydrogen) atoms. The fourth-order valence-corrected chi connectivity index (χ4v) is 3.05. The lowest BCUT2D eigenvalue weighted by molar-refractivity contribution is -0.142. The molecule has 3 nitrogen and oxygen atoms in total. The SMILES string of the molecule is CCc1ccc(C2(c3ccc(CC)cc3)OC2C(=O)OC)cc1. The fourth-order valence-electron chi connectivity index (χ4n) is 3.05. The Morgan fingerprint density at radius 1 is 0.957 bits per heavy atom. The van der Waals surface area contributed by atoms with Crippen molar-refractivity contribution >= 4 is 5.97 Å². The number of carbonyl (C=O) groups excluding carboxylic acids is 1. The molecule has 1 atom stereocenters. The first-order valence-corrected chi connectivity index (χ1v) is 8.10. The van der Waals surface area contributed by atoms with Crippen LogP contribution < -0.4 is 0 Å². The summed E-state index contributed by atoms with van der Waals surface area (Å²) in [5.74, 6) is -0.330. The third-order valence-corrected chi connectivity index (χ3v) is 4.61. The van der Waals surface area contributed by atoms with Gasteiger partial charge in [-0.05, 0) is 35.1 Å². The van der Waals surface area contributed by atoms with Crippen LogP contribution in [-0.4, -0.2) is 19.2 Å². The maximum atomic E-state index is 12.0. The van der Waals surface area contributed by atoms with Crippen molar-refractivity contribution in [1.29, 1.82) is 0 Å². The molecule has 1 aliphatic rings. The standard InChI is InChI=1S/C20H22O3/c1-4-14-6-10-16(11-7-14)20(18(23-20)19(21)22-3)17-12-8-15(5-2)9-13-17/h6-13,18H,4-5H2,1-3H3. The molecule has 0 amide bonds. The van der Waals surface area contributed by atoms with E-state index < -0.39 is 11.7 Å². The Labute approximate surface area is 137 Å². The van der Waals surface area contributed by atoms with Crippen LogP contribution in [0.5, 0.6) is 0 Å². The van der Waals surface area contributed by atoms with Crippen molar-refractivity contribution < 1.29 is 14.3 Å². The van der Waals surface area contributed by atoms with E-state index in [0.29, 0.717) is 0 Å². The highest BCUT2D eigenvalue weighted by molar-refractivity contribution is 5.81. The highest BCUT2D eigenvalue weighted by Gasteiger charge is 2.63. The van der Waals surface area contributed by atoms with Crippen molar-refractivity contribution in [2.45, 2.75) is 38.4 Å². The van der Waals surface area contributed by atoms with Gasteiger partial charge in [-0.15, -0.1) is 0 Å². The van der Waals surface area contributed by atoms with Gasteiger partial charge in [-0.2, -0.15) is 0 Å². The van der Waals surface area contributed by atoms with Crippen LogP contribution in [0.25, 0.3) is 0 Å². The zero-order valence-corrected chi connectivity index (χ0v) is 13.8. The summed E-state index contributed by atoms with van der Waals surface area (Å²) in [4.78, 5) is 12.0. The molecule has 3 heteroatoms. The first-order valence-electron chi connectivity index (χ1n) is 8.10. The molecule has 2 aromatic carbocycles. The lowest BCUT2D eigenvalue weighted by atomic mass is 9.86. The molecule has 1 saturated heterocycles. The second-order valence-corrected chi connectivity index (χ2v) is 5.86. The molecule has 0 bridgehead atoms. The second kappa shape index (κ2) is 6.17. The summed E-state index contributed by atoms with van der Waals surface area (Å²) in [6.07, 6.45) is 1.40. The molecule has 0 saturated carbocycles. The van der Waals surface area contributed by atoms with Crippen LogP contribution in [0.1, 0.15) is 36.1 Å². The van der Waals surface area contributed by atoms with Gasteiger partial charge >= 0.3 is 5.97 Å². The molecular weight excluding hydrogens is 288 g/mol. The lowest BCUT2D eigenvalue weighted by Crippen LogP contribution is -2.21. The summed E-state index contributed by atoms with van der Waals surface area (Å²) < 4.78 is 10.8. The zero-order valence-electron chi connectivity index (χ0n) is 13.8. The number of esters is 1. The van der Waals surface area contributed by atoms with Gasteiger partial charge in [-0.1, -0.05) is 62.4 Å². The molecule has 1 heterocycles. The van der Waals surface area contributed by atoms with E-state index in [2.05, 4.69) is 62.4 Å². The van der Waals surface area contributed by atoms with Crippen molar-refractivity contribution in [3.63, 3.8) is 0 Å². The normalized spacial score (nSPS) is 18.5. The number of rotatable bonds is 5. The van der Waals surface area contributed by atoms with E-state index in [1.54, 1.807) is 0 Å². The van der Waals surface area contributed by atoms with E-state index >= 15 is 0 Å². The highest BCUT2D eigenvalue weighted by Crippen LogP contribution is 2.52. The van der Waals surface area contributed by atoms with Gasteiger partial charge in [0.05, 0.1) is 7.11 Å². The van der Waals surface area contributed by atoms with Gasteiger partial charge in [0, 0.05) is 0 Å². The molecule has 120 valence electrons. The molecule has 0 radical (unpaired) electrons. The number of aryl methyl sites for hydroxylation is 2. The van der Waals surface area contributed by atoms with Crippen molar-refractivity contribution in [2.75, 3.05) is 7.11 Å². The van der Waals surface area contributed by atoms with Crippen LogP contribution in [0, 0.1) is 0 Å². The van der Waals surface area contributed by atoms with Gasteiger partial charge in [-0.3, -0.25) is 0 Å². The summed E-state index contributed by atoms with van der Waals surface area (Å²) >= 11 is 0. The van der Waals surface area contributed by atoms with Crippen molar-refractivity contribution in [2.24, 2.45) is 0 Å². The Bertz CT molecular complexity index is 638. The summed E-state index contributed by atoms with van der Waals surface area (Å²) in [6, 6.07) is 16.6. The Morgan fingerprint density at radius 2 is 1.39 bits per heavy atom. The first-order chi connectivity index (χ1) is 11.2. The predicted molar refractivity (Wildman–Crippen MR) is 89.3 cm³/mol. The van der Waals surface area contributed by atoms with Crippen LogP contribution in [0.2, 0.25) is 0 Å². The largest absolute Gasteiger partial charge is 0.467 e. The molecule has 0 N–H and O–H groups in total. The molecule has 1 unspecified atom stereocenters. The average Bonchev–Trinajstić information content (AvgIpc) is 3.38. The first kappa shape index (κ1) is 15.8. The van der Waals surface area contributed by atoms with Crippen LogP contribution in [-0.2, 0) is 32.7 Å². The fraction of sp³-hybridized carbons (Fsp3) is 0.350. The lowest BCUT2D eigenvalue weighted by Gasteiger charge is -2.15. The number of epoxide rings is 1. The number of methoxy groups -OCH3 is 1. The van der Waals surface area contributed by atoms with Crippen molar-refractivity contribution in [3.05, 3.63) is 70.8 Å². The smallest absolute Gasteiger partial charge is 0.338 e. The Morgan fingerprint density at radius 3 is 1.74 bits per heavy atom. The monoisotopic (exact) mass is 310 g/mol. The topological polar surface area (TPSA) is 38.8 Å². The number of ether oxygens (including phenoxy) is 2. The molecule has 1 aliphatic heterocycles. The average molecular weight is 310 g/mol. The van der Waals surface area contributed by atoms with E-state index in [-0.39, 0.29) is 5.97 Å². The minimum atomic E-state index is -0.717. The van der Waals surface area contributed by atoms with Crippen LogP contribution in [0.4, 0.5) is 0 Å². The highest BCUT2D eigenvalue weighted by atomic mass is 16.7. The number of benzene rings is 2. The summed E-state index contributed by atoms with van der Waals surface area (Å²) in [5, 5.41) is 0. The van der Waals surface area contributed by atoms with E-state index in [1.807, 2.05) is 0 Å². The van der Waals surface area contributed by atoms with Gasteiger partial charge in [0.1, 0.15) is 0 Å². The van der Waals surface area contributed by atoms with Gasteiger partial charge in [-0.25, -0.2) is 4.79 Å². The maximum absolute atomic E-state index is 12.0. The van der Waals surface area contributed by atoms with Crippen molar-refractivity contribution in [3.8, 4) is 0 Å². The van der Waals surface area contributed by atoms with Gasteiger partial charge in [0.2, 0.25) is 0 Å². The molecule has 0 spiro atoms. The Balaban J connectivity index is 2.02. The molecule has 2 aromatic rings. The Hall–Kier alpha value is -2.13. The van der Waals surface area contributed by atoms with Crippen LogP contribution >= 0.6 is 0 Å². The molecular formula is C20H22O3. The number of hydrogen-bond acceptors (Lipinski definition) is 3. The van der Waals surface area contributed by atoms with Gasteiger partial charge in [0.25, 0.3) is 0 Å². The van der Waals surface area contributed by atoms with Crippen LogP contribution in [0.15, 0.2) is 48.5 Å². The third kappa shape index (κ3) is 2.66. The molecule has 3 rings (SSSR count). The van der Waals surface area contributed by atoms with E-state index in [9.17, 15) is 4.79 Å². The zero-order chi connectivity index (χ0) is 16.4.